The summed E-state index contributed by atoms with van der Waals surface area (Å²) in [6, 6.07) is 2.14. The topological polar surface area (TPSA) is 60.3 Å². The number of aromatic nitrogens is 3. The quantitative estimate of drug-likeness (QED) is 0.861. The van der Waals surface area contributed by atoms with Gasteiger partial charge in [0.05, 0.1) is 13.2 Å². The van der Waals surface area contributed by atoms with E-state index < -0.39 is 0 Å². The van der Waals surface area contributed by atoms with Crippen molar-refractivity contribution in [2.24, 2.45) is 13.0 Å². The molecule has 2 aromatic rings. The van der Waals surface area contributed by atoms with Crippen LogP contribution in [0.1, 0.15) is 34.7 Å². The van der Waals surface area contributed by atoms with Gasteiger partial charge in [-0.2, -0.15) is 0 Å². The molecule has 23 heavy (non-hydrogen) atoms. The van der Waals surface area contributed by atoms with Crippen LogP contribution < -0.4 is 0 Å². The highest BCUT2D eigenvalue weighted by atomic mass is 32.1. The SMILES string of the molecule is Cc1ccsc1[C@@H]1C[C@@H]1C(=O)N1CCO[C@@H](c2nncn2C)C1. The van der Waals surface area contributed by atoms with Crippen molar-refractivity contribution in [1.29, 1.82) is 0 Å². The van der Waals surface area contributed by atoms with Crippen LogP contribution in [0.4, 0.5) is 0 Å². The van der Waals surface area contributed by atoms with Crippen molar-refractivity contribution in [3.05, 3.63) is 34.0 Å². The van der Waals surface area contributed by atoms with Crippen LogP contribution in [-0.4, -0.2) is 45.3 Å². The summed E-state index contributed by atoms with van der Waals surface area (Å²) < 4.78 is 7.64. The molecule has 3 heterocycles. The second-order valence-corrected chi connectivity index (χ2v) is 7.31. The molecule has 2 fully saturated rings. The maximum absolute atomic E-state index is 12.8. The van der Waals surface area contributed by atoms with E-state index in [1.54, 1.807) is 17.7 Å². The van der Waals surface area contributed by atoms with Gasteiger partial charge in [0.15, 0.2) is 5.82 Å². The molecule has 2 aromatic heterocycles. The van der Waals surface area contributed by atoms with E-state index in [0.717, 1.165) is 12.2 Å². The molecule has 4 rings (SSSR count). The Morgan fingerprint density at radius 1 is 1.48 bits per heavy atom. The lowest BCUT2D eigenvalue weighted by atomic mass is 10.1. The fourth-order valence-corrected chi connectivity index (χ4v) is 4.45. The highest BCUT2D eigenvalue weighted by Crippen LogP contribution is 2.51. The number of thiophene rings is 1. The van der Waals surface area contributed by atoms with Crippen molar-refractivity contribution in [1.82, 2.24) is 19.7 Å². The number of morpholine rings is 1. The van der Waals surface area contributed by atoms with Crippen molar-refractivity contribution in [3.8, 4) is 0 Å². The van der Waals surface area contributed by atoms with E-state index in [1.165, 1.54) is 10.4 Å². The molecule has 7 heteroatoms. The van der Waals surface area contributed by atoms with Crippen LogP contribution in [0.2, 0.25) is 0 Å². The minimum atomic E-state index is -0.180. The third kappa shape index (κ3) is 2.68. The summed E-state index contributed by atoms with van der Waals surface area (Å²) in [6.45, 7) is 3.92. The third-order valence-corrected chi connectivity index (χ3v) is 5.91. The first-order valence-corrected chi connectivity index (χ1v) is 8.81. The van der Waals surface area contributed by atoms with E-state index in [2.05, 4.69) is 28.6 Å². The molecule has 1 aliphatic carbocycles. The van der Waals surface area contributed by atoms with Gasteiger partial charge in [-0.05, 0) is 30.4 Å². The van der Waals surface area contributed by atoms with Crippen LogP contribution in [0.25, 0.3) is 0 Å². The van der Waals surface area contributed by atoms with Gasteiger partial charge in [-0.1, -0.05) is 0 Å². The van der Waals surface area contributed by atoms with Gasteiger partial charge in [0, 0.05) is 30.3 Å². The number of hydrogen-bond acceptors (Lipinski definition) is 5. The normalized spacial score (nSPS) is 27.2. The van der Waals surface area contributed by atoms with Gasteiger partial charge < -0.3 is 14.2 Å². The van der Waals surface area contributed by atoms with Gasteiger partial charge in [-0.3, -0.25) is 4.79 Å². The predicted molar refractivity (Wildman–Crippen MR) is 86.2 cm³/mol. The Hall–Kier alpha value is -1.73. The monoisotopic (exact) mass is 332 g/mol. The van der Waals surface area contributed by atoms with Crippen LogP contribution >= 0.6 is 11.3 Å². The molecule has 1 aliphatic heterocycles. The standard InChI is InChI=1S/C16H20N4O2S/c1-10-3-6-23-14(10)11-7-12(11)16(21)20-4-5-22-13(8-20)15-18-17-9-19(15)2/h3,6,9,11-13H,4-5,7-8H2,1-2H3/t11-,12+,13-/m1/s1. The van der Waals surface area contributed by atoms with Crippen molar-refractivity contribution in [2.45, 2.75) is 25.4 Å². The van der Waals surface area contributed by atoms with Crippen molar-refractivity contribution >= 4 is 17.2 Å². The van der Waals surface area contributed by atoms with E-state index in [1.807, 2.05) is 16.5 Å². The summed E-state index contributed by atoms with van der Waals surface area (Å²) in [4.78, 5) is 16.1. The van der Waals surface area contributed by atoms with Gasteiger partial charge >= 0.3 is 0 Å². The van der Waals surface area contributed by atoms with Crippen LogP contribution in [-0.2, 0) is 16.6 Å². The summed E-state index contributed by atoms with van der Waals surface area (Å²) in [5.41, 5.74) is 1.31. The summed E-state index contributed by atoms with van der Waals surface area (Å²) in [6.07, 6.45) is 2.46. The summed E-state index contributed by atoms with van der Waals surface area (Å²) in [5, 5.41) is 10.1. The first kappa shape index (κ1) is 14.8. The van der Waals surface area contributed by atoms with E-state index in [-0.39, 0.29) is 17.9 Å². The number of carbonyl (C=O) groups is 1. The molecule has 0 radical (unpaired) electrons. The molecule has 0 bridgehead atoms. The molecule has 0 spiro atoms. The average molecular weight is 332 g/mol. The second kappa shape index (κ2) is 5.72. The number of aryl methyl sites for hydroxylation is 2. The fourth-order valence-electron chi connectivity index (χ4n) is 3.35. The molecular formula is C16H20N4O2S. The van der Waals surface area contributed by atoms with E-state index >= 15 is 0 Å². The molecule has 1 saturated carbocycles. The molecule has 0 N–H and O–H groups in total. The number of rotatable bonds is 3. The molecule has 3 atom stereocenters. The Bertz CT molecular complexity index is 725. The van der Waals surface area contributed by atoms with Crippen molar-refractivity contribution in [2.75, 3.05) is 19.7 Å². The smallest absolute Gasteiger partial charge is 0.226 e. The maximum atomic E-state index is 12.8. The largest absolute Gasteiger partial charge is 0.366 e. The van der Waals surface area contributed by atoms with Crippen LogP contribution in [0.3, 0.4) is 0 Å². The lowest BCUT2D eigenvalue weighted by molar-refractivity contribution is -0.140. The Morgan fingerprint density at radius 3 is 3.04 bits per heavy atom. The van der Waals surface area contributed by atoms with Gasteiger partial charge in [-0.25, -0.2) is 0 Å². The number of hydrogen-bond donors (Lipinski definition) is 0. The van der Waals surface area contributed by atoms with Crippen molar-refractivity contribution < 1.29 is 9.53 Å². The van der Waals surface area contributed by atoms with Crippen LogP contribution in [0.15, 0.2) is 17.8 Å². The summed E-state index contributed by atoms with van der Waals surface area (Å²) >= 11 is 1.77. The van der Waals surface area contributed by atoms with Gasteiger partial charge in [0.1, 0.15) is 12.4 Å². The minimum absolute atomic E-state index is 0.144. The van der Waals surface area contributed by atoms with Crippen LogP contribution in [0.5, 0.6) is 0 Å². The average Bonchev–Trinajstić information content (AvgIpc) is 3.04. The van der Waals surface area contributed by atoms with Gasteiger partial charge in [-0.15, -0.1) is 21.5 Å². The van der Waals surface area contributed by atoms with Gasteiger partial charge in [0.25, 0.3) is 0 Å². The molecule has 2 aliphatic rings. The lowest BCUT2D eigenvalue weighted by Gasteiger charge is -2.32. The number of amides is 1. The molecule has 122 valence electrons. The zero-order valence-electron chi connectivity index (χ0n) is 13.3. The van der Waals surface area contributed by atoms with Gasteiger partial charge in [0.2, 0.25) is 5.91 Å². The maximum Gasteiger partial charge on any atom is 0.226 e. The molecule has 1 saturated heterocycles. The fraction of sp³-hybridized carbons (Fsp3) is 0.562. The van der Waals surface area contributed by atoms with Crippen molar-refractivity contribution in [3.63, 3.8) is 0 Å². The van der Waals surface area contributed by atoms with E-state index in [4.69, 9.17) is 4.74 Å². The Kier molecular flexibility index (Phi) is 3.69. The first-order chi connectivity index (χ1) is 11.1. The minimum Gasteiger partial charge on any atom is -0.366 e. The Labute approximate surface area is 139 Å². The first-order valence-electron chi connectivity index (χ1n) is 7.93. The molecule has 6 nitrogen and oxygen atoms in total. The highest BCUT2D eigenvalue weighted by molar-refractivity contribution is 7.10. The highest BCUT2D eigenvalue weighted by Gasteiger charge is 2.47. The number of ether oxygens (including phenoxy) is 1. The molecule has 1 amide bonds. The van der Waals surface area contributed by atoms with E-state index in [0.29, 0.717) is 25.6 Å². The number of nitrogens with zero attached hydrogens (tertiary/aromatic N) is 4. The Balaban J connectivity index is 1.43. The van der Waals surface area contributed by atoms with E-state index in [9.17, 15) is 4.79 Å². The molecular weight excluding hydrogens is 312 g/mol. The third-order valence-electron chi connectivity index (χ3n) is 4.76. The summed E-state index contributed by atoms with van der Waals surface area (Å²) in [7, 11) is 1.90. The Morgan fingerprint density at radius 2 is 2.35 bits per heavy atom. The molecule has 0 aromatic carbocycles. The number of carbonyl (C=O) groups excluding carboxylic acids is 1. The lowest BCUT2D eigenvalue weighted by Crippen LogP contribution is -2.43. The second-order valence-electron chi connectivity index (χ2n) is 6.36. The molecule has 0 unspecified atom stereocenters. The summed E-state index contributed by atoms with van der Waals surface area (Å²) in [5.74, 6) is 1.60. The predicted octanol–water partition coefficient (Wildman–Crippen LogP) is 1.89. The zero-order chi connectivity index (χ0) is 16.0. The van der Waals surface area contributed by atoms with Crippen LogP contribution in [0, 0.1) is 12.8 Å². The zero-order valence-corrected chi connectivity index (χ0v) is 14.1.